The summed E-state index contributed by atoms with van der Waals surface area (Å²) in [5.41, 5.74) is 18.1. The Morgan fingerprint density at radius 2 is 0.727 bits per heavy atom. The molecule has 6 N–H and O–H groups in total. The highest BCUT2D eigenvalue weighted by Crippen LogP contribution is 2.49. The summed E-state index contributed by atoms with van der Waals surface area (Å²) >= 11 is 0. The Kier molecular flexibility index (Phi) is 17.1. The molecule has 0 fully saturated rings. The molecule has 0 spiro atoms. The zero-order valence-electron chi connectivity index (χ0n) is 32.7. The Morgan fingerprint density at radius 1 is 0.432 bits per heavy atom. The fourth-order valence-electron chi connectivity index (χ4n) is 6.28. The Labute approximate surface area is 276 Å². The molecule has 0 rings (SSSR count). The second kappa shape index (κ2) is 17.2. The van der Waals surface area contributed by atoms with Crippen LogP contribution < -0.4 is 17.2 Å². The van der Waals surface area contributed by atoms with Crippen molar-refractivity contribution >= 4 is 0 Å². The molecule has 0 amide bonds. The SMILES string of the molecule is CCC(CC(C)(C)OCC(C)C(C)(N)CC)(CC(C)(CC)OCC(C)C(C)(N)CC)CC(C)(CC)OCC(C)C(C)(N)CC. The van der Waals surface area contributed by atoms with Gasteiger partial charge in [-0.05, 0) is 123 Å². The molecule has 8 atom stereocenters. The predicted molar refractivity (Wildman–Crippen MR) is 192 cm³/mol. The third kappa shape index (κ3) is 13.5. The monoisotopic (exact) mass is 628 g/mol. The van der Waals surface area contributed by atoms with Crippen molar-refractivity contribution in [1.29, 1.82) is 0 Å². The molecule has 44 heavy (non-hydrogen) atoms. The molecule has 0 aromatic carbocycles. The van der Waals surface area contributed by atoms with Gasteiger partial charge in [-0.3, -0.25) is 0 Å². The maximum Gasteiger partial charge on any atom is 0.0657 e. The number of ether oxygens (including phenoxy) is 3. The minimum absolute atomic E-state index is 0.0704. The Bertz CT molecular complexity index is 769. The molecule has 0 aromatic rings. The van der Waals surface area contributed by atoms with Gasteiger partial charge in [-0.15, -0.1) is 0 Å². The zero-order valence-corrected chi connectivity index (χ0v) is 32.7. The van der Waals surface area contributed by atoms with Gasteiger partial charge in [-0.2, -0.15) is 0 Å². The van der Waals surface area contributed by atoms with Crippen molar-refractivity contribution in [3.63, 3.8) is 0 Å². The summed E-state index contributed by atoms with van der Waals surface area (Å²) in [6.07, 6.45) is 8.40. The lowest BCUT2D eigenvalue weighted by molar-refractivity contribution is -0.142. The first-order chi connectivity index (χ1) is 19.9. The average molecular weight is 628 g/mol. The molecular formula is C38H81N3O3. The van der Waals surface area contributed by atoms with Gasteiger partial charge in [-0.25, -0.2) is 0 Å². The lowest BCUT2D eigenvalue weighted by Crippen LogP contribution is -2.50. The lowest BCUT2D eigenvalue weighted by Gasteiger charge is -2.49. The largest absolute Gasteiger partial charge is 0.375 e. The van der Waals surface area contributed by atoms with E-state index in [9.17, 15) is 0 Å². The normalized spacial score (nSPS) is 23.2. The number of nitrogens with two attached hydrogens (primary N) is 3. The van der Waals surface area contributed by atoms with Crippen LogP contribution in [-0.2, 0) is 14.2 Å². The van der Waals surface area contributed by atoms with Crippen LogP contribution in [0, 0.1) is 23.2 Å². The Hall–Kier alpha value is -0.240. The highest BCUT2D eigenvalue weighted by molar-refractivity contribution is 4.98. The first-order valence-electron chi connectivity index (χ1n) is 18.2. The first kappa shape index (κ1) is 43.8. The van der Waals surface area contributed by atoms with Crippen LogP contribution in [0.2, 0.25) is 0 Å². The molecule has 0 bridgehead atoms. The standard InChI is InChI=1S/C38H81N3O3/c1-17-33(12,43-24-30(8)36(15,40)20-4)27-38(22-6,26-32(10,11)42-23-29(7)35(14,39)19-3)28-34(13,18-2)44-25-31(9)37(16,41)21-5/h29-31H,17-28,39-41H2,1-16H3. The van der Waals surface area contributed by atoms with E-state index in [1.807, 2.05) is 0 Å². The molecule has 6 heteroatoms. The molecule has 8 unspecified atom stereocenters. The first-order valence-corrected chi connectivity index (χ1v) is 18.2. The van der Waals surface area contributed by atoms with Gasteiger partial charge in [-0.1, -0.05) is 68.7 Å². The smallest absolute Gasteiger partial charge is 0.0657 e. The molecule has 0 aliphatic rings. The molecule has 0 aliphatic heterocycles. The predicted octanol–water partition coefficient (Wildman–Crippen LogP) is 9.01. The Morgan fingerprint density at radius 3 is 0.977 bits per heavy atom. The van der Waals surface area contributed by atoms with Gasteiger partial charge in [0.05, 0.1) is 36.6 Å². The number of hydrogen-bond acceptors (Lipinski definition) is 6. The average Bonchev–Trinajstić information content (AvgIpc) is 2.96. The van der Waals surface area contributed by atoms with Crippen LogP contribution in [0.15, 0.2) is 0 Å². The summed E-state index contributed by atoms with van der Waals surface area (Å²) in [5.74, 6) is 0.775. The van der Waals surface area contributed by atoms with Crippen LogP contribution >= 0.6 is 0 Å². The number of hydrogen-bond donors (Lipinski definition) is 3. The van der Waals surface area contributed by atoms with E-state index in [0.29, 0.717) is 19.8 Å². The second-order valence-electron chi connectivity index (χ2n) is 17.0. The molecule has 0 saturated heterocycles. The van der Waals surface area contributed by atoms with Crippen molar-refractivity contribution < 1.29 is 14.2 Å². The fourth-order valence-corrected chi connectivity index (χ4v) is 6.28. The number of rotatable bonds is 24. The minimum Gasteiger partial charge on any atom is -0.375 e. The molecule has 266 valence electrons. The van der Waals surface area contributed by atoms with Crippen LogP contribution in [0.5, 0.6) is 0 Å². The fraction of sp³-hybridized carbons (Fsp3) is 1.00. The lowest BCUT2D eigenvalue weighted by atomic mass is 9.64. The van der Waals surface area contributed by atoms with Crippen LogP contribution in [0.1, 0.15) is 169 Å². The maximum atomic E-state index is 6.87. The van der Waals surface area contributed by atoms with E-state index in [2.05, 4.69) is 111 Å². The van der Waals surface area contributed by atoms with E-state index in [1.165, 1.54) is 0 Å². The van der Waals surface area contributed by atoms with Crippen molar-refractivity contribution in [2.24, 2.45) is 40.4 Å². The van der Waals surface area contributed by atoms with Gasteiger partial charge in [0.25, 0.3) is 0 Å². The molecule has 0 saturated carbocycles. The maximum absolute atomic E-state index is 6.87. The van der Waals surface area contributed by atoms with Gasteiger partial charge in [0, 0.05) is 16.6 Å². The topological polar surface area (TPSA) is 106 Å². The summed E-state index contributed by atoms with van der Waals surface area (Å²) < 4.78 is 20.5. The summed E-state index contributed by atoms with van der Waals surface area (Å²) in [6.45, 7) is 37.5. The highest BCUT2D eigenvalue weighted by atomic mass is 16.5. The van der Waals surface area contributed by atoms with Crippen molar-refractivity contribution in [2.75, 3.05) is 19.8 Å². The molecule has 0 aliphatic carbocycles. The summed E-state index contributed by atoms with van der Waals surface area (Å²) in [5, 5.41) is 0. The van der Waals surface area contributed by atoms with Crippen molar-refractivity contribution in [3.8, 4) is 0 Å². The van der Waals surface area contributed by atoms with E-state index in [1.54, 1.807) is 0 Å². The van der Waals surface area contributed by atoms with Crippen LogP contribution in [0.25, 0.3) is 0 Å². The highest BCUT2D eigenvalue weighted by Gasteiger charge is 2.46. The quantitative estimate of drug-likeness (QED) is 0.0986. The Balaban J connectivity index is 6.45. The second-order valence-corrected chi connectivity index (χ2v) is 17.0. The van der Waals surface area contributed by atoms with E-state index in [-0.39, 0.29) is 56.6 Å². The molecule has 0 radical (unpaired) electrons. The van der Waals surface area contributed by atoms with E-state index >= 15 is 0 Å². The van der Waals surface area contributed by atoms with Crippen molar-refractivity contribution in [3.05, 3.63) is 0 Å². The third-order valence-electron chi connectivity index (χ3n) is 12.3. The van der Waals surface area contributed by atoms with Gasteiger partial charge in [0.2, 0.25) is 0 Å². The molecular weight excluding hydrogens is 546 g/mol. The van der Waals surface area contributed by atoms with Crippen LogP contribution in [0.3, 0.4) is 0 Å². The van der Waals surface area contributed by atoms with Crippen molar-refractivity contribution in [2.45, 2.75) is 202 Å². The van der Waals surface area contributed by atoms with E-state index < -0.39 is 0 Å². The summed E-state index contributed by atoms with van der Waals surface area (Å²) in [7, 11) is 0. The molecule has 0 aromatic heterocycles. The van der Waals surface area contributed by atoms with E-state index in [4.69, 9.17) is 31.4 Å². The summed E-state index contributed by atoms with van der Waals surface area (Å²) in [4.78, 5) is 0. The van der Waals surface area contributed by atoms with Gasteiger partial charge in [0.15, 0.2) is 0 Å². The van der Waals surface area contributed by atoms with E-state index in [0.717, 1.165) is 57.8 Å². The van der Waals surface area contributed by atoms with Gasteiger partial charge in [0.1, 0.15) is 0 Å². The van der Waals surface area contributed by atoms with Gasteiger partial charge >= 0.3 is 0 Å². The third-order valence-corrected chi connectivity index (χ3v) is 12.3. The molecule has 6 nitrogen and oxygen atoms in total. The minimum atomic E-state index is -0.339. The molecule has 0 heterocycles. The van der Waals surface area contributed by atoms with Crippen LogP contribution in [0.4, 0.5) is 0 Å². The van der Waals surface area contributed by atoms with Crippen LogP contribution in [-0.4, -0.2) is 53.2 Å². The zero-order chi connectivity index (χ0) is 34.8. The van der Waals surface area contributed by atoms with Crippen molar-refractivity contribution in [1.82, 2.24) is 0 Å². The summed E-state index contributed by atoms with van der Waals surface area (Å²) in [6, 6.07) is 0. The van der Waals surface area contributed by atoms with Gasteiger partial charge < -0.3 is 31.4 Å².